The van der Waals surface area contributed by atoms with Gasteiger partial charge in [0.2, 0.25) is 0 Å². The maximum atomic E-state index is 14.7. The zero-order valence-electron chi connectivity index (χ0n) is 18.9. The Morgan fingerprint density at radius 3 is 2.76 bits per heavy atom. The van der Waals surface area contributed by atoms with Crippen LogP contribution >= 0.6 is 11.8 Å². The fourth-order valence-corrected chi connectivity index (χ4v) is 4.41. The van der Waals surface area contributed by atoms with Crippen LogP contribution in [0.1, 0.15) is 25.8 Å². The molecule has 3 heterocycles. The van der Waals surface area contributed by atoms with Crippen molar-refractivity contribution in [1.82, 2.24) is 25.5 Å². The predicted octanol–water partition coefficient (Wildman–Crippen LogP) is 3.24. The number of urea groups is 1. The van der Waals surface area contributed by atoms with Gasteiger partial charge in [-0.2, -0.15) is 0 Å². The zero-order chi connectivity index (χ0) is 24.2. The molecule has 2 aliphatic heterocycles. The van der Waals surface area contributed by atoms with Crippen molar-refractivity contribution in [1.29, 1.82) is 0 Å². The lowest BCUT2D eigenvalue weighted by molar-refractivity contribution is -0.115. The summed E-state index contributed by atoms with van der Waals surface area (Å²) in [6.45, 7) is 6.31. The molecule has 2 N–H and O–H groups in total. The van der Waals surface area contributed by atoms with E-state index in [0.717, 1.165) is 18.2 Å². The number of nitrogens with one attached hydrogen (secondary N) is 2. The third-order valence-corrected chi connectivity index (χ3v) is 6.16. The summed E-state index contributed by atoms with van der Waals surface area (Å²) >= 11 is 0.803. The number of rotatable bonds is 4. The van der Waals surface area contributed by atoms with Gasteiger partial charge in [0.1, 0.15) is 11.6 Å². The van der Waals surface area contributed by atoms with Gasteiger partial charge in [-0.15, -0.1) is 0 Å². The monoisotopic (exact) mass is 484 g/mol. The minimum Gasteiger partial charge on any atom is -0.353 e. The second-order valence-electron chi connectivity index (χ2n) is 8.29. The van der Waals surface area contributed by atoms with Crippen molar-refractivity contribution in [2.75, 3.05) is 31.1 Å². The lowest BCUT2D eigenvalue weighted by atomic mass is 10.1. The molecule has 0 unspecified atom stereocenters. The Labute approximate surface area is 200 Å². The molecule has 4 amide bonds. The van der Waals surface area contributed by atoms with Crippen LogP contribution in [-0.2, 0) is 4.79 Å². The molecule has 0 atom stereocenters. The van der Waals surface area contributed by atoms with E-state index in [1.54, 1.807) is 17.2 Å². The van der Waals surface area contributed by atoms with E-state index >= 15 is 0 Å². The van der Waals surface area contributed by atoms with Crippen molar-refractivity contribution in [3.05, 3.63) is 46.9 Å². The van der Waals surface area contributed by atoms with Gasteiger partial charge in [0.05, 0.1) is 23.0 Å². The van der Waals surface area contributed by atoms with Crippen LogP contribution in [-0.4, -0.2) is 64.3 Å². The number of nitrogens with zero attached hydrogens (tertiary/aromatic N) is 4. The number of carbonyl (C=O) groups is 3. The molecule has 2 aliphatic rings. The smallest absolute Gasteiger partial charge is 0.317 e. The summed E-state index contributed by atoms with van der Waals surface area (Å²) in [5.74, 6) is -0.344. The lowest BCUT2D eigenvalue weighted by Crippen LogP contribution is -2.44. The Balaban J connectivity index is 1.54. The number of amides is 4. The topological polar surface area (TPSA) is 108 Å². The summed E-state index contributed by atoms with van der Waals surface area (Å²) in [6, 6.07) is 4.39. The van der Waals surface area contributed by atoms with Crippen LogP contribution in [0.2, 0.25) is 0 Å². The minimum absolute atomic E-state index is 0.0674. The highest BCUT2D eigenvalue weighted by Crippen LogP contribution is 2.29. The molecule has 34 heavy (non-hydrogen) atoms. The normalized spacial score (nSPS) is 17.8. The standard InChI is InChI=1S/C23H25FN6O3S/c1-14(2)26-22(32)30-7-3-6-29(8-9-30)20-13-25-12-18(27-20)16-10-15(4-5-17(16)24)11-19-21(31)28-23(33)34-19/h4-5,10-14H,3,6-9H2,1-2H3,(H,26,32)(H,28,31,33)/b19-11+. The fourth-order valence-electron chi connectivity index (χ4n) is 3.73. The molecule has 0 bridgehead atoms. The van der Waals surface area contributed by atoms with Gasteiger partial charge in [0.25, 0.3) is 11.1 Å². The largest absolute Gasteiger partial charge is 0.353 e. The number of anilines is 1. The first-order valence-corrected chi connectivity index (χ1v) is 11.8. The number of aromatic nitrogens is 2. The van der Waals surface area contributed by atoms with E-state index < -0.39 is 17.0 Å². The molecule has 1 aromatic heterocycles. The van der Waals surface area contributed by atoms with Crippen molar-refractivity contribution < 1.29 is 18.8 Å². The van der Waals surface area contributed by atoms with Gasteiger partial charge < -0.3 is 15.1 Å². The second kappa shape index (κ2) is 10.2. The highest BCUT2D eigenvalue weighted by atomic mass is 32.2. The van der Waals surface area contributed by atoms with Crippen LogP contribution in [0, 0.1) is 5.82 Å². The summed E-state index contributed by atoms with van der Waals surface area (Å²) in [5.41, 5.74) is 1.16. The van der Waals surface area contributed by atoms with E-state index in [4.69, 9.17) is 0 Å². The number of hydrogen-bond donors (Lipinski definition) is 2. The first kappa shape index (κ1) is 23.7. The summed E-state index contributed by atoms with van der Waals surface area (Å²) < 4.78 is 14.7. The lowest BCUT2D eigenvalue weighted by Gasteiger charge is -2.24. The van der Waals surface area contributed by atoms with Gasteiger partial charge in [-0.25, -0.2) is 14.2 Å². The molecule has 0 radical (unpaired) electrons. The number of halogens is 1. The summed E-state index contributed by atoms with van der Waals surface area (Å²) in [7, 11) is 0. The van der Waals surface area contributed by atoms with Gasteiger partial charge in [0.15, 0.2) is 0 Å². The number of hydrogen-bond acceptors (Lipinski definition) is 7. The predicted molar refractivity (Wildman–Crippen MR) is 129 cm³/mol. The van der Waals surface area contributed by atoms with Crippen molar-refractivity contribution in [3.63, 3.8) is 0 Å². The maximum absolute atomic E-state index is 14.7. The molecular formula is C23H25FN6O3S. The molecule has 0 spiro atoms. The van der Waals surface area contributed by atoms with Crippen LogP contribution in [0.15, 0.2) is 35.5 Å². The zero-order valence-corrected chi connectivity index (χ0v) is 19.7. The van der Waals surface area contributed by atoms with Gasteiger partial charge in [-0.3, -0.25) is 19.9 Å². The molecule has 4 rings (SSSR count). The van der Waals surface area contributed by atoms with Crippen molar-refractivity contribution in [3.8, 4) is 11.3 Å². The SMILES string of the molecule is CC(C)NC(=O)N1CCCN(c2cncc(-c3cc(/C=C4/SC(=O)NC4=O)ccc3F)n2)CC1. The Bertz CT molecular complexity index is 1160. The Morgan fingerprint density at radius 2 is 2.03 bits per heavy atom. The van der Waals surface area contributed by atoms with Crippen LogP contribution < -0.4 is 15.5 Å². The summed E-state index contributed by atoms with van der Waals surface area (Å²) in [6.07, 6.45) is 5.42. The van der Waals surface area contributed by atoms with E-state index in [2.05, 4.69) is 20.6 Å². The molecular weight excluding hydrogens is 459 g/mol. The van der Waals surface area contributed by atoms with Crippen LogP contribution in [0.5, 0.6) is 0 Å². The average molecular weight is 485 g/mol. The molecule has 9 nitrogen and oxygen atoms in total. The number of benzene rings is 1. The van der Waals surface area contributed by atoms with Crippen LogP contribution in [0.4, 0.5) is 19.8 Å². The number of imide groups is 1. The number of carbonyl (C=O) groups excluding carboxylic acids is 3. The molecule has 2 fully saturated rings. The second-order valence-corrected chi connectivity index (χ2v) is 9.30. The molecule has 2 aromatic rings. The van der Waals surface area contributed by atoms with E-state index in [-0.39, 0.29) is 22.5 Å². The number of thioether (sulfide) groups is 1. The highest BCUT2D eigenvalue weighted by molar-refractivity contribution is 8.18. The summed E-state index contributed by atoms with van der Waals surface area (Å²) in [4.78, 5) is 48.5. The van der Waals surface area contributed by atoms with E-state index in [9.17, 15) is 18.8 Å². The molecule has 1 aromatic carbocycles. The highest BCUT2D eigenvalue weighted by Gasteiger charge is 2.25. The molecule has 0 aliphatic carbocycles. The third kappa shape index (κ3) is 5.53. The Morgan fingerprint density at radius 1 is 1.21 bits per heavy atom. The molecule has 0 saturated carbocycles. The molecule has 178 valence electrons. The van der Waals surface area contributed by atoms with E-state index in [0.29, 0.717) is 43.3 Å². The summed E-state index contributed by atoms with van der Waals surface area (Å²) in [5, 5.41) is 4.68. The van der Waals surface area contributed by atoms with Gasteiger partial charge in [0, 0.05) is 37.8 Å². The van der Waals surface area contributed by atoms with Crippen molar-refractivity contribution in [2.24, 2.45) is 0 Å². The molecule has 11 heteroatoms. The first-order valence-electron chi connectivity index (χ1n) is 11.0. The van der Waals surface area contributed by atoms with E-state index in [1.165, 1.54) is 24.4 Å². The van der Waals surface area contributed by atoms with Crippen LogP contribution in [0.3, 0.4) is 0 Å². The van der Waals surface area contributed by atoms with Crippen LogP contribution in [0.25, 0.3) is 17.3 Å². The maximum Gasteiger partial charge on any atom is 0.317 e. The van der Waals surface area contributed by atoms with Gasteiger partial charge >= 0.3 is 6.03 Å². The Hall–Kier alpha value is -3.47. The Kier molecular flexibility index (Phi) is 7.11. The molecule has 2 saturated heterocycles. The van der Waals surface area contributed by atoms with Gasteiger partial charge in [-0.05, 0) is 55.8 Å². The van der Waals surface area contributed by atoms with Crippen molar-refractivity contribution in [2.45, 2.75) is 26.3 Å². The minimum atomic E-state index is -0.472. The van der Waals surface area contributed by atoms with Gasteiger partial charge in [-0.1, -0.05) is 6.07 Å². The first-order chi connectivity index (χ1) is 16.3. The quantitative estimate of drug-likeness (QED) is 0.642. The third-order valence-electron chi connectivity index (χ3n) is 5.35. The fraction of sp³-hybridized carbons (Fsp3) is 0.348. The average Bonchev–Trinajstić information content (AvgIpc) is 2.98. The van der Waals surface area contributed by atoms with E-state index in [1.807, 2.05) is 18.7 Å². The van der Waals surface area contributed by atoms with Crippen molar-refractivity contribution >= 4 is 40.8 Å².